The van der Waals surface area contributed by atoms with Crippen molar-refractivity contribution in [1.29, 1.82) is 0 Å². The Labute approximate surface area is 279 Å². The number of anilines is 2. The molecule has 5 atom stereocenters. The number of hydrogen-bond acceptors (Lipinski definition) is 15. The Bertz CT molecular complexity index is 1510. The number of ether oxygens (including phenoxy) is 5. The molecule has 3 heterocycles. The molecule has 2 aromatic heterocycles. The molecule has 0 aromatic carbocycles. The minimum atomic E-state index is -1.52. The first-order chi connectivity index (χ1) is 22.7. The smallest absolute Gasteiger partial charge is 0.303 e. The van der Waals surface area contributed by atoms with Gasteiger partial charge in [0.1, 0.15) is 24.1 Å². The zero-order valence-corrected chi connectivity index (χ0v) is 28.0. The van der Waals surface area contributed by atoms with Crippen molar-refractivity contribution < 1.29 is 57.2 Å². The van der Waals surface area contributed by atoms with Gasteiger partial charge in [-0.05, 0) is 33.1 Å². The molecule has 3 rings (SSSR count). The molecule has 1 fully saturated rings. The summed E-state index contributed by atoms with van der Waals surface area (Å²) in [5.41, 5.74) is -0.0130. The lowest BCUT2D eigenvalue weighted by Gasteiger charge is -2.45. The lowest BCUT2D eigenvalue weighted by molar-refractivity contribution is -0.268. The summed E-state index contributed by atoms with van der Waals surface area (Å²) in [5.74, 6) is -4.43. The topological polar surface area (TPSA) is 223 Å². The summed E-state index contributed by atoms with van der Waals surface area (Å²) in [4.78, 5) is 91.9. The van der Waals surface area contributed by atoms with Gasteiger partial charge in [-0.25, -0.2) is 4.98 Å². The molecule has 1 aliphatic heterocycles. The van der Waals surface area contributed by atoms with Crippen LogP contribution in [0.4, 0.5) is 10.8 Å². The number of thiazole rings is 1. The number of carbonyl (C=O) groups excluding carboxylic acids is 7. The van der Waals surface area contributed by atoms with E-state index in [0.29, 0.717) is 19.4 Å². The molecule has 1 saturated heterocycles. The Morgan fingerprint density at radius 1 is 0.958 bits per heavy atom. The van der Waals surface area contributed by atoms with E-state index in [4.69, 9.17) is 23.7 Å². The standard InChI is InChI=1S/C29H38N6O12S/c1-15(37)43-12-22-23(44-16(2)38)24(45-17(3)39)25(46-18(4)40)28(47-22)35-11-19(10-21(35)27(42)30-8-7-9-34(5)6)32-26(41)20-13-48-29(33-20)31-14-36/h10-11,13-14,22-25,28H,7-9,12H2,1-6H3,(H,30,42)(H,32,41)(H,31,33,36)/t22-,23-,24-,25-,28+/m1/s1. The van der Waals surface area contributed by atoms with E-state index in [1.807, 2.05) is 19.0 Å². The summed E-state index contributed by atoms with van der Waals surface area (Å²) in [6, 6.07) is 1.34. The van der Waals surface area contributed by atoms with E-state index in [0.717, 1.165) is 39.0 Å². The monoisotopic (exact) mass is 694 g/mol. The van der Waals surface area contributed by atoms with Crippen LogP contribution in [0.1, 0.15) is 61.3 Å². The van der Waals surface area contributed by atoms with E-state index in [-0.39, 0.29) is 28.8 Å². The zero-order valence-electron chi connectivity index (χ0n) is 27.2. The van der Waals surface area contributed by atoms with Crippen LogP contribution in [0.25, 0.3) is 0 Å². The number of nitrogens with one attached hydrogen (secondary N) is 3. The minimum Gasteiger partial charge on any atom is -0.463 e. The Morgan fingerprint density at radius 2 is 1.60 bits per heavy atom. The molecule has 0 aliphatic carbocycles. The van der Waals surface area contributed by atoms with Gasteiger partial charge in [0.05, 0.1) is 5.69 Å². The van der Waals surface area contributed by atoms with Gasteiger partial charge in [0.2, 0.25) is 6.41 Å². The number of nitrogens with zero attached hydrogens (tertiary/aromatic N) is 3. The van der Waals surface area contributed by atoms with Crippen LogP contribution in [0, 0.1) is 0 Å². The normalized spacial score (nSPS) is 20.3. The molecule has 18 nitrogen and oxygen atoms in total. The summed E-state index contributed by atoms with van der Waals surface area (Å²) < 4.78 is 29.2. The number of rotatable bonds is 15. The maximum atomic E-state index is 13.6. The number of amides is 3. The predicted molar refractivity (Wildman–Crippen MR) is 167 cm³/mol. The maximum absolute atomic E-state index is 13.6. The number of hydrogen-bond donors (Lipinski definition) is 3. The third kappa shape index (κ3) is 10.6. The Hall–Kier alpha value is -4.88. The van der Waals surface area contributed by atoms with Crippen molar-refractivity contribution in [2.45, 2.75) is 64.8 Å². The van der Waals surface area contributed by atoms with E-state index in [2.05, 4.69) is 20.9 Å². The Morgan fingerprint density at radius 3 is 2.21 bits per heavy atom. The van der Waals surface area contributed by atoms with Crippen LogP contribution in [0.3, 0.4) is 0 Å². The van der Waals surface area contributed by atoms with Crippen LogP contribution in [0.2, 0.25) is 0 Å². The van der Waals surface area contributed by atoms with Gasteiger partial charge in [0, 0.05) is 45.8 Å². The highest BCUT2D eigenvalue weighted by Crippen LogP contribution is 2.37. The van der Waals surface area contributed by atoms with E-state index in [1.165, 1.54) is 22.2 Å². The second kappa shape index (κ2) is 17.3. The molecule has 0 unspecified atom stereocenters. The van der Waals surface area contributed by atoms with Gasteiger partial charge >= 0.3 is 23.9 Å². The minimum absolute atomic E-state index is 0.0286. The summed E-state index contributed by atoms with van der Waals surface area (Å²) in [5, 5.41) is 9.38. The van der Waals surface area contributed by atoms with Crippen LogP contribution in [0.15, 0.2) is 17.6 Å². The third-order valence-corrected chi connectivity index (χ3v) is 7.34. The lowest BCUT2D eigenvalue weighted by atomic mass is 9.97. The van der Waals surface area contributed by atoms with Crippen LogP contribution in [-0.2, 0) is 47.7 Å². The van der Waals surface area contributed by atoms with Crippen molar-refractivity contribution in [2.24, 2.45) is 0 Å². The first-order valence-corrected chi connectivity index (χ1v) is 15.5. The number of esters is 4. The van der Waals surface area contributed by atoms with Gasteiger partial charge in [-0.3, -0.25) is 33.6 Å². The van der Waals surface area contributed by atoms with Gasteiger partial charge in [-0.2, -0.15) is 0 Å². The number of aromatic nitrogens is 2. The zero-order chi connectivity index (χ0) is 35.5. The number of carbonyl (C=O) groups is 7. The molecule has 3 amide bonds. The van der Waals surface area contributed by atoms with Crippen molar-refractivity contribution in [1.82, 2.24) is 19.8 Å². The quantitative estimate of drug-likeness (QED) is 0.101. The molecule has 48 heavy (non-hydrogen) atoms. The summed E-state index contributed by atoms with van der Waals surface area (Å²) in [6.07, 6.45) is -4.83. The third-order valence-electron chi connectivity index (χ3n) is 6.57. The molecular weight excluding hydrogens is 656 g/mol. The fourth-order valence-corrected chi connectivity index (χ4v) is 5.40. The molecule has 262 valence electrons. The highest BCUT2D eigenvalue weighted by atomic mass is 32.1. The van der Waals surface area contributed by atoms with Crippen molar-refractivity contribution in [3.05, 3.63) is 29.0 Å². The SMILES string of the molecule is CC(=O)OC[C@H]1O[C@H](n2cc(NC(=O)c3csc(NC=O)n3)cc2C(=O)NCCCN(C)C)[C@H](OC(C)=O)[C@H](OC(C)=O)[C@@H]1OC(C)=O. The van der Waals surface area contributed by atoms with E-state index in [9.17, 15) is 33.6 Å². The Balaban J connectivity index is 2.12. The maximum Gasteiger partial charge on any atom is 0.303 e. The second-order valence-corrected chi connectivity index (χ2v) is 11.6. The predicted octanol–water partition coefficient (Wildman–Crippen LogP) is 0.702. The van der Waals surface area contributed by atoms with Gasteiger partial charge in [0.25, 0.3) is 11.8 Å². The molecule has 0 spiro atoms. The van der Waals surface area contributed by atoms with Crippen LogP contribution < -0.4 is 16.0 Å². The molecule has 3 N–H and O–H groups in total. The highest BCUT2D eigenvalue weighted by Gasteiger charge is 2.53. The summed E-state index contributed by atoms with van der Waals surface area (Å²) >= 11 is 1.02. The average molecular weight is 695 g/mol. The molecule has 1 aliphatic rings. The molecular formula is C29H38N6O12S. The fraction of sp³-hybridized carbons (Fsp3) is 0.517. The highest BCUT2D eigenvalue weighted by molar-refractivity contribution is 7.14. The van der Waals surface area contributed by atoms with Crippen LogP contribution in [-0.4, -0.2) is 115 Å². The Kier molecular flexibility index (Phi) is 13.6. The molecule has 19 heteroatoms. The summed E-state index contributed by atoms with van der Waals surface area (Å²) in [6.45, 7) is 4.89. The van der Waals surface area contributed by atoms with Crippen molar-refractivity contribution in [2.75, 3.05) is 44.4 Å². The van der Waals surface area contributed by atoms with Crippen molar-refractivity contribution in [3.8, 4) is 0 Å². The van der Waals surface area contributed by atoms with Crippen LogP contribution in [0.5, 0.6) is 0 Å². The van der Waals surface area contributed by atoms with Crippen LogP contribution >= 0.6 is 11.3 Å². The van der Waals surface area contributed by atoms with Gasteiger partial charge in [-0.1, -0.05) is 0 Å². The average Bonchev–Trinajstić information content (AvgIpc) is 3.63. The lowest BCUT2D eigenvalue weighted by Crippen LogP contribution is -2.60. The van der Waals surface area contributed by atoms with Crippen molar-refractivity contribution >= 4 is 64.3 Å². The van der Waals surface area contributed by atoms with Gasteiger partial charge in [0.15, 0.2) is 29.7 Å². The fourth-order valence-electron chi connectivity index (χ4n) is 4.75. The first kappa shape index (κ1) is 37.6. The van der Waals surface area contributed by atoms with Gasteiger partial charge in [-0.15, -0.1) is 11.3 Å². The summed E-state index contributed by atoms with van der Waals surface area (Å²) in [7, 11) is 3.76. The molecule has 0 bridgehead atoms. The van der Waals surface area contributed by atoms with E-state index in [1.54, 1.807) is 0 Å². The molecule has 2 aromatic rings. The van der Waals surface area contributed by atoms with Gasteiger partial charge < -0.3 is 49.1 Å². The van der Waals surface area contributed by atoms with E-state index < -0.39 is 72.9 Å². The first-order valence-electron chi connectivity index (χ1n) is 14.6. The molecule has 0 radical (unpaired) electrons. The molecule has 0 saturated carbocycles. The van der Waals surface area contributed by atoms with E-state index >= 15 is 0 Å². The van der Waals surface area contributed by atoms with Crippen molar-refractivity contribution in [3.63, 3.8) is 0 Å². The second-order valence-electron chi connectivity index (χ2n) is 10.8. The largest absolute Gasteiger partial charge is 0.463 e.